The number of hydrazone groups is 1. The fourth-order valence-electron chi connectivity index (χ4n) is 2.51. The molecule has 118 valence electrons. The van der Waals surface area contributed by atoms with E-state index in [-0.39, 0.29) is 17.7 Å². The van der Waals surface area contributed by atoms with Crippen LogP contribution in [0.25, 0.3) is 0 Å². The number of alkyl halides is 2. The Kier molecular flexibility index (Phi) is 4.76. The molecule has 0 unspecified atom stereocenters. The van der Waals surface area contributed by atoms with Crippen molar-refractivity contribution in [3.05, 3.63) is 70.2 Å². The molecule has 6 heteroatoms. The first-order valence-electron chi connectivity index (χ1n) is 7.02. The van der Waals surface area contributed by atoms with Crippen LogP contribution in [0.5, 0.6) is 0 Å². The first-order chi connectivity index (χ1) is 11.0. The fraction of sp³-hybridized carbons (Fsp3) is 0.176. The number of nitrogens with one attached hydrogen (secondary N) is 1. The van der Waals surface area contributed by atoms with Gasteiger partial charge >= 0.3 is 0 Å². The number of rotatable bonds is 4. The second kappa shape index (κ2) is 6.63. The molecule has 1 N–H and O–H groups in total. The first kappa shape index (κ1) is 16.5. The minimum atomic E-state index is -0.886. The number of hydrogen-bond donors (Lipinski definition) is 1. The maximum absolute atomic E-state index is 12.1. The highest BCUT2D eigenvalue weighted by Crippen LogP contribution is 2.63. The quantitative estimate of drug-likeness (QED) is 0.440. The van der Waals surface area contributed by atoms with Gasteiger partial charge in [0.25, 0.3) is 5.91 Å². The third-order valence-corrected chi connectivity index (χ3v) is 5.45. The molecule has 1 saturated carbocycles. The molecule has 3 rings (SSSR count). The van der Waals surface area contributed by atoms with E-state index in [0.29, 0.717) is 10.0 Å². The van der Waals surface area contributed by atoms with Crippen molar-refractivity contribution in [2.45, 2.75) is 10.3 Å². The molecule has 0 spiro atoms. The Labute approximate surface area is 152 Å². The van der Waals surface area contributed by atoms with Crippen molar-refractivity contribution in [2.75, 3.05) is 0 Å². The Bertz CT molecular complexity index is 749. The zero-order valence-corrected chi connectivity index (χ0v) is 15.0. The number of hydrogen-bond acceptors (Lipinski definition) is 2. The summed E-state index contributed by atoms with van der Waals surface area (Å²) in [6, 6.07) is 16.9. The van der Waals surface area contributed by atoms with Crippen molar-refractivity contribution >= 4 is 51.3 Å². The summed E-state index contributed by atoms with van der Waals surface area (Å²) in [6.07, 6.45) is 1.60. The van der Waals surface area contributed by atoms with Crippen molar-refractivity contribution in [3.8, 4) is 0 Å². The maximum atomic E-state index is 12.1. The molecule has 0 saturated heterocycles. The van der Waals surface area contributed by atoms with E-state index in [1.165, 1.54) is 0 Å². The second-order valence-corrected chi connectivity index (χ2v) is 7.59. The molecule has 0 radical (unpaired) electrons. The predicted molar refractivity (Wildman–Crippen MR) is 97.2 cm³/mol. The number of carbonyl (C=O) groups excluding carboxylic acids is 1. The van der Waals surface area contributed by atoms with Crippen LogP contribution >= 0.6 is 39.1 Å². The van der Waals surface area contributed by atoms with Crippen molar-refractivity contribution in [1.82, 2.24) is 5.43 Å². The van der Waals surface area contributed by atoms with Gasteiger partial charge in [0.15, 0.2) is 0 Å². The lowest BCUT2D eigenvalue weighted by atomic mass is 10.1. The highest BCUT2D eigenvalue weighted by Gasteiger charge is 2.63. The zero-order chi connectivity index (χ0) is 16.4. The lowest BCUT2D eigenvalue weighted by molar-refractivity contribution is 0.0954. The Hall–Kier alpha value is -1.36. The smallest absolute Gasteiger partial charge is 0.267 e. The molecule has 0 aliphatic heterocycles. The van der Waals surface area contributed by atoms with Crippen LogP contribution in [0.2, 0.25) is 0 Å². The lowest BCUT2D eigenvalue weighted by Gasteiger charge is -2.01. The Balaban J connectivity index is 1.65. The molecule has 2 aromatic rings. The van der Waals surface area contributed by atoms with Crippen LogP contribution < -0.4 is 5.43 Å². The van der Waals surface area contributed by atoms with E-state index in [9.17, 15) is 4.79 Å². The molecule has 2 atom stereocenters. The van der Waals surface area contributed by atoms with Gasteiger partial charge in [-0.05, 0) is 33.6 Å². The Morgan fingerprint density at radius 3 is 2.48 bits per heavy atom. The van der Waals surface area contributed by atoms with Crippen LogP contribution in [0.15, 0.2) is 64.2 Å². The second-order valence-electron chi connectivity index (χ2n) is 5.29. The highest BCUT2D eigenvalue weighted by atomic mass is 79.9. The molecule has 1 fully saturated rings. The summed E-state index contributed by atoms with van der Waals surface area (Å²) in [5.74, 6) is -0.440. The molecule has 3 nitrogen and oxygen atoms in total. The monoisotopic (exact) mass is 410 g/mol. The number of amides is 1. The third kappa shape index (κ3) is 3.44. The van der Waals surface area contributed by atoms with Crippen LogP contribution in [0.3, 0.4) is 0 Å². The molecule has 2 aromatic carbocycles. The van der Waals surface area contributed by atoms with E-state index >= 15 is 0 Å². The minimum absolute atomic E-state index is 0.0175. The van der Waals surface area contributed by atoms with Gasteiger partial charge in [-0.2, -0.15) is 5.10 Å². The molecule has 0 heterocycles. The fourth-order valence-corrected chi connectivity index (χ4v) is 3.73. The average molecular weight is 412 g/mol. The molecule has 0 bridgehead atoms. The van der Waals surface area contributed by atoms with Crippen molar-refractivity contribution in [2.24, 2.45) is 11.0 Å². The van der Waals surface area contributed by atoms with Crippen LogP contribution in [0.1, 0.15) is 21.8 Å². The summed E-state index contributed by atoms with van der Waals surface area (Å²) in [7, 11) is 0. The summed E-state index contributed by atoms with van der Waals surface area (Å²) in [6.45, 7) is 0. The van der Waals surface area contributed by atoms with E-state index in [2.05, 4.69) is 26.5 Å². The summed E-state index contributed by atoms with van der Waals surface area (Å²) in [5.41, 5.74) is 4.08. The van der Waals surface area contributed by atoms with Gasteiger partial charge in [-0.15, -0.1) is 23.2 Å². The zero-order valence-electron chi connectivity index (χ0n) is 11.9. The molecule has 1 aliphatic carbocycles. The van der Waals surface area contributed by atoms with Gasteiger partial charge in [-0.25, -0.2) is 5.43 Å². The minimum Gasteiger partial charge on any atom is -0.267 e. The van der Waals surface area contributed by atoms with Crippen LogP contribution in [-0.2, 0) is 0 Å². The Morgan fingerprint density at radius 2 is 1.78 bits per heavy atom. The van der Waals surface area contributed by atoms with Crippen LogP contribution in [0.4, 0.5) is 0 Å². The summed E-state index contributed by atoms with van der Waals surface area (Å²) >= 11 is 16.0. The van der Waals surface area contributed by atoms with Gasteiger partial charge in [-0.1, -0.05) is 42.5 Å². The number of carbonyl (C=O) groups is 1. The molecular formula is C17H13BrCl2N2O. The maximum Gasteiger partial charge on any atom is 0.272 e. The van der Waals surface area contributed by atoms with Crippen molar-refractivity contribution < 1.29 is 4.79 Å². The van der Waals surface area contributed by atoms with Crippen LogP contribution in [0, 0.1) is 5.92 Å². The lowest BCUT2D eigenvalue weighted by Crippen LogP contribution is -2.18. The van der Waals surface area contributed by atoms with Gasteiger partial charge in [0.1, 0.15) is 4.33 Å². The average Bonchev–Trinajstić information content (AvgIpc) is 3.09. The van der Waals surface area contributed by atoms with Crippen molar-refractivity contribution in [1.29, 1.82) is 0 Å². The molecule has 23 heavy (non-hydrogen) atoms. The largest absolute Gasteiger partial charge is 0.272 e. The third-order valence-electron chi connectivity index (χ3n) is 3.79. The first-order valence-corrected chi connectivity index (χ1v) is 8.57. The SMILES string of the molecule is O=C(N/N=C\[C@@H]1[C@H](c2ccccc2)C1(Cl)Cl)c1ccccc1Br. The molecule has 1 amide bonds. The summed E-state index contributed by atoms with van der Waals surface area (Å²) in [5, 5.41) is 4.01. The number of halogens is 3. The molecular weight excluding hydrogens is 399 g/mol. The van der Waals surface area contributed by atoms with Gasteiger partial charge in [-0.3, -0.25) is 4.79 Å². The topological polar surface area (TPSA) is 41.5 Å². The van der Waals surface area contributed by atoms with E-state index in [1.807, 2.05) is 36.4 Å². The highest BCUT2D eigenvalue weighted by molar-refractivity contribution is 9.10. The van der Waals surface area contributed by atoms with Gasteiger partial charge in [0.05, 0.1) is 5.56 Å². The molecule has 0 aromatic heterocycles. The predicted octanol–water partition coefficient (Wildman–Crippen LogP) is 4.75. The molecule has 1 aliphatic rings. The van der Waals surface area contributed by atoms with E-state index < -0.39 is 4.33 Å². The normalized spacial score (nSPS) is 22.0. The van der Waals surface area contributed by atoms with E-state index in [4.69, 9.17) is 23.2 Å². The van der Waals surface area contributed by atoms with Crippen LogP contribution in [-0.4, -0.2) is 16.5 Å². The van der Waals surface area contributed by atoms with E-state index in [1.54, 1.807) is 24.4 Å². The number of benzene rings is 2. The van der Waals surface area contributed by atoms with Crippen molar-refractivity contribution in [3.63, 3.8) is 0 Å². The summed E-state index contributed by atoms with van der Waals surface area (Å²) < 4.78 is -0.173. The van der Waals surface area contributed by atoms with Gasteiger partial charge < -0.3 is 0 Å². The van der Waals surface area contributed by atoms with E-state index in [0.717, 1.165) is 5.56 Å². The number of nitrogens with zero attached hydrogens (tertiary/aromatic N) is 1. The van der Waals surface area contributed by atoms with Gasteiger partial charge in [0, 0.05) is 22.5 Å². The van der Waals surface area contributed by atoms with Gasteiger partial charge in [0.2, 0.25) is 0 Å². The Morgan fingerprint density at radius 1 is 1.13 bits per heavy atom. The summed E-state index contributed by atoms with van der Waals surface area (Å²) in [4.78, 5) is 12.1. The standard InChI is InChI=1S/C17H13BrCl2N2O/c18-14-9-5-4-8-12(14)16(23)22-21-10-13-15(17(13,19)20)11-6-2-1-3-7-11/h1-10,13,15H,(H,22,23)/b21-10-/t13-,15+/m1/s1.